The number of carbonyl (C=O) groups excluding carboxylic acids is 1. The fourth-order valence-corrected chi connectivity index (χ4v) is 5.09. The Hall–Kier alpha value is -2.53. The highest BCUT2D eigenvalue weighted by Crippen LogP contribution is 2.41. The van der Waals surface area contributed by atoms with Crippen LogP contribution >= 0.6 is 0 Å². The summed E-state index contributed by atoms with van der Waals surface area (Å²) in [5, 5.41) is 0. The lowest BCUT2D eigenvalue weighted by atomic mass is 9.84. The summed E-state index contributed by atoms with van der Waals surface area (Å²) in [6.07, 6.45) is 6.15. The van der Waals surface area contributed by atoms with Gasteiger partial charge in [0.25, 0.3) is 0 Å². The molecule has 0 bridgehead atoms. The van der Waals surface area contributed by atoms with Crippen LogP contribution in [0.2, 0.25) is 0 Å². The molecule has 0 amide bonds. The molecule has 0 aromatic heterocycles. The highest BCUT2D eigenvalue weighted by molar-refractivity contribution is 5.72. The van der Waals surface area contributed by atoms with E-state index >= 15 is 0 Å². The SMILES string of the molecule is COc1ccc(C[C@H]2CO[C@H](c3ccccc3)[C@H]2COC(=O)C2CCCCC2)cc1OC. The van der Waals surface area contributed by atoms with E-state index < -0.39 is 0 Å². The van der Waals surface area contributed by atoms with Gasteiger partial charge in [-0.2, -0.15) is 0 Å². The quantitative estimate of drug-likeness (QED) is 0.519. The molecule has 5 heteroatoms. The van der Waals surface area contributed by atoms with Crippen LogP contribution in [0.1, 0.15) is 49.3 Å². The fraction of sp³-hybridized carbons (Fsp3) is 0.519. The van der Waals surface area contributed by atoms with Crippen molar-refractivity contribution < 1.29 is 23.7 Å². The van der Waals surface area contributed by atoms with E-state index in [0.29, 0.717) is 13.2 Å². The van der Waals surface area contributed by atoms with Crippen molar-refractivity contribution in [3.63, 3.8) is 0 Å². The first kappa shape index (κ1) is 22.7. The van der Waals surface area contributed by atoms with Crippen LogP contribution in [0.25, 0.3) is 0 Å². The van der Waals surface area contributed by atoms with Gasteiger partial charge >= 0.3 is 5.97 Å². The van der Waals surface area contributed by atoms with Crippen LogP contribution < -0.4 is 9.47 Å². The van der Waals surface area contributed by atoms with Crippen molar-refractivity contribution in [3.05, 3.63) is 59.7 Å². The summed E-state index contributed by atoms with van der Waals surface area (Å²) in [5.74, 6) is 1.83. The Morgan fingerprint density at radius 2 is 1.72 bits per heavy atom. The van der Waals surface area contributed by atoms with Crippen LogP contribution in [0.5, 0.6) is 11.5 Å². The van der Waals surface area contributed by atoms with E-state index in [1.807, 2.05) is 30.3 Å². The number of rotatable bonds is 8. The van der Waals surface area contributed by atoms with Gasteiger partial charge in [0.1, 0.15) is 0 Å². The zero-order valence-electron chi connectivity index (χ0n) is 19.1. The summed E-state index contributed by atoms with van der Waals surface area (Å²) in [6, 6.07) is 16.3. The number of benzene rings is 2. The number of methoxy groups -OCH3 is 2. The first-order valence-corrected chi connectivity index (χ1v) is 11.7. The van der Waals surface area contributed by atoms with E-state index in [1.165, 1.54) is 6.42 Å². The Bertz CT molecular complexity index is 875. The highest BCUT2D eigenvalue weighted by atomic mass is 16.5. The molecule has 2 aliphatic rings. The molecule has 1 aliphatic carbocycles. The van der Waals surface area contributed by atoms with E-state index in [2.05, 4.69) is 18.2 Å². The van der Waals surface area contributed by atoms with E-state index in [0.717, 1.165) is 54.7 Å². The molecule has 1 aliphatic heterocycles. The molecule has 0 radical (unpaired) electrons. The molecule has 172 valence electrons. The van der Waals surface area contributed by atoms with Crippen LogP contribution in [0.3, 0.4) is 0 Å². The summed E-state index contributed by atoms with van der Waals surface area (Å²) in [6.45, 7) is 1.03. The summed E-state index contributed by atoms with van der Waals surface area (Å²) in [4.78, 5) is 12.7. The van der Waals surface area contributed by atoms with Crippen molar-refractivity contribution in [2.75, 3.05) is 27.4 Å². The van der Waals surface area contributed by atoms with Crippen molar-refractivity contribution in [2.45, 2.75) is 44.6 Å². The minimum Gasteiger partial charge on any atom is -0.493 e. The maximum absolute atomic E-state index is 12.7. The topological polar surface area (TPSA) is 54.0 Å². The van der Waals surface area contributed by atoms with E-state index in [4.69, 9.17) is 18.9 Å². The largest absolute Gasteiger partial charge is 0.493 e. The third-order valence-electron chi connectivity index (χ3n) is 6.91. The van der Waals surface area contributed by atoms with Crippen molar-refractivity contribution in [3.8, 4) is 11.5 Å². The van der Waals surface area contributed by atoms with Crippen molar-refractivity contribution in [2.24, 2.45) is 17.8 Å². The lowest BCUT2D eigenvalue weighted by molar-refractivity contribution is -0.152. The van der Waals surface area contributed by atoms with E-state index in [1.54, 1.807) is 14.2 Å². The van der Waals surface area contributed by atoms with Gasteiger partial charge < -0.3 is 18.9 Å². The molecule has 2 fully saturated rings. The maximum atomic E-state index is 12.7. The van der Waals surface area contributed by atoms with Crippen LogP contribution in [0.15, 0.2) is 48.5 Å². The van der Waals surface area contributed by atoms with Crippen LogP contribution in [0, 0.1) is 17.8 Å². The third kappa shape index (κ3) is 5.26. The minimum absolute atomic E-state index is 0.0340. The molecule has 32 heavy (non-hydrogen) atoms. The van der Waals surface area contributed by atoms with Crippen molar-refractivity contribution in [1.29, 1.82) is 0 Å². The predicted octanol–water partition coefficient (Wildman–Crippen LogP) is 5.37. The lowest BCUT2D eigenvalue weighted by Gasteiger charge is -2.25. The van der Waals surface area contributed by atoms with Crippen LogP contribution in [-0.2, 0) is 20.7 Å². The maximum Gasteiger partial charge on any atom is 0.308 e. The molecule has 1 saturated heterocycles. The van der Waals surface area contributed by atoms with Gasteiger partial charge in [-0.15, -0.1) is 0 Å². The molecule has 5 nitrogen and oxygen atoms in total. The molecular weight excluding hydrogens is 404 g/mol. The van der Waals surface area contributed by atoms with Gasteiger partial charge in [0.2, 0.25) is 0 Å². The molecule has 2 aromatic carbocycles. The van der Waals surface area contributed by atoms with Gasteiger partial charge in [0.05, 0.1) is 39.5 Å². The first-order valence-electron chi connectivity index (χ1n) is 11.7. The number of ether oxygens (including phenoxy) is 4. The Morgan fingerprint density at radius 3 is 2.44 bits per heavy atom. The summed E-state index contributed by atoms with van der Waals surface area (Å²) in [7, 11) is 3.29. The second-order valence-corrected chi connectivity index (χ2v) is 8.95. The monoisotopic (exact) mass is 438 g/mol. The van der Waals surface area contributed by atoms with Gasteiger partial charge in [0.15, 0.2) is 11.5 Å². The smallest absolute Gasteiger partial charge is 0.308 e. The highest BCUT2D eigenvalue weighted by Gasteiger charge is 2.39. The lowest BCUT2D eigenvalue weighted by Crippen LogP contribution is -2.27. The molecule has 1 heterocycles. The average Bonchev–Trinajstić information content (AvgIpc) is 3.25. The number of esters is 1. The zero-order chi connectivity index (χ0) is 22.3. The number of carbonyl (C=O) groups is 1. The molecular formula is C27H34O5. The van der Waals surface area contributed by atoms with E-state index in [9.17, 15) is 4.79 Å². The fourth-order valence-electron chi connectivity index (χ4n) is 5.09. The van der Waals surface area contributed by atoms with Crippen molar-refractivity contribution in [1.82, 2.24) is 0 Å². The standard InChI is InChI=1S/C27H34O5/c1-29-24-14-13-19(16-25(24)30-2)15-22-17-31-26(20-9-5-3-6-10-20)23(22)18-32-27(28)21-11-7-4-8-12-21/h3,5-6,9-10,13-14,16,21-23,26H,4,7-8,11-12,15,17-18H2,1-2H3/t22-,23-,26+/m0/s1. The number of hydrogen-bond acceptors (Lipinski definition) is 5. The van der Waals surface area contributed by atoms with Gasteiger partial charge in [-0.3, -0.25) is 4.79 Å². The predicted molar refractivity (Wildman–Crippen MR) is 123 cm³/mol. The van der Waals surface area contributed by atoms with Gasteiger partial charge in [-0.1, -0.05) is 55.7 Å². The molecule has 0 N–H and O–H groups in total. The Balaban J connectivity index is 1.49. The Kier molecular flexibility index (Phi) is 7.69. The second-order valence-electron chi connectivity index (χ2n) is 8.95. The third-order valence-corrected chi connectivity index (χ3v) is 6.91. The average molecular weight is 439 g/mol. The van der Waals surface area contributed by atoms with Gasteiger partial charge in [0, 0.05) is 5.92 Å². The molecule has 3 atom stereocenters. The van der Waals surface area contributed by atoms with Gasteiger partial charge in [-0.05, 0) is 48.4 Å². The van der Waals surface area contributed by atoms with Crippen LogP contribution in [-0.4, -0.2) is 33.4 Å². The normalized spacial score (nSPS) is 23.6. The molecule has 4 rings (SSSR count). The Labute approximate surface area is 191 Å². The minimum atomic E-state index is -0.0690. The zero-order valence-corrected chi connectivity index (χ0v) is 19.1. The summed E-state index contributed by atoms with van der Waals surface area (Å²) >= 11 is 0. The second kappa shape index (κ2) is 10.9. The van der Waals surface area contributed by atoms with Crippen LogP contribution in [0.4, 0.5) is 0 Å². The molecule has 0 unspecified atom stereocenters. The summed E-state index contributed by atoms with van der Waals surface area (Å²) in [5.41, 5.74) is 2.30. The first-order chi connectivity index (χ1) is 15.7. The van der Waals surface area contributed by atoms with Crippen molar-refractivity contribution >= 4 is 5.97 Å². The molecule has 1 saturated carbocycles. The number of hydrogen-bond donors (Lipinski definition) is 0. The Morgan fingerprint density at radius 1 is 0.969 bits per heavy atom. The molecule has 2 aromatic rings. The molecule has 0 spiro atoms. The van der Waals surface area contributed by atoms with E-state index in [-0.39, 0.29) is 29.8 Å². The summed E-state index contributed by atoms with van der Waals surface area (Å²) < 4.78 is 23.0. The van der Waals surface area contributed by atoms with Gasteiger partial charge in [-0.25, -0.2) is 0 Å².